The molecule has 2 aromatic carbocycles. The first-order chi connectivity index (χ1) is 9.10. The molecule has 0 unspecified atom stereocenters. The molecular weight excluding hydrogens is 326 g/mol. The number of halogens is 2. The molecular formula is C15H13BrClNO. The van der Waals surface area contributed by atoms with E-state index >= 15 is 0 Å². The zero-order valence-corrected chi connectivity index (χ0v) is 12.8. The summed E-state index contributed by atoms with van der Waals surface area (Å²) in [6.45, 7) is 1.95. The van der Waals surface area contributed by atoms with Crippen LogP contribution in [0.2, 0.25) is 0 Å². The summed E-state index contributed by atoms with van der Waals surface area (Å²) >= 11 is 9.19. The summed E-state index contributed by atoms with van der Waals surface area (Å²) in [5.41, 5.74) is 3.40. The molecule has 0 radical (unpaired) electrons. The van der Waals surface area contributed by atoms with Crippen LogP contribution in [-0.2, 0) is 5.88 Å². The van der Waals surface area contributed by atoms with Crippen LogP contribution in [0.15, 0.2) is 46.9 Å². The fraction of sp³-hybridized carbons (Fsp3) is 0.133. The van der Waals surface area contributed by atoms with Crippen LogP contribution in [0.25, 0.3) is 0 Å². The Balaban J connectivity index is 2.18. The Morgan fingerprint density at radius 2 is 2.05 bits per heavy atom. The van der Waals surface area contributed by atoms with E-state index in [4.69, 9.17) is 11.6 Å². The highest BCUT2D eigenvalue weighted by molar-refractivity contribution is 9.10. The average Bonchev–Trinajstić information content (AvgIpc) is 2.42. The highest BCUT2D eigenvalue weighted by Gasteiger charge is 2.07. The molecule has 0 saturated carbocycles. The van der Waals surface area contributed by atoms with Crippen molar-refractivity contribution in [2.24, 2.45) is 0 Å². The Morgan fingerprint density at radius 3 is 2.74 bits per heavy atom. The lowest BCUT2D eigenvalue weighted by Crippen LogP contribution is -2.12. The van der Waals surface area contributed by atoms with Gasteiger partial charge in [-0.1, -0.05) is 28.1 Å². The van der Waals surface area contributed by atoms with Crippen molar-refractivity contribution in [1.82, 2.24) is 0 Å². The van der Waals surface area contributed by atoms with E-state index in [1.807, 2.05) is 43.3 Å². The molecule has 0 heterocycles. The monoisotopic (exact) mass is 337 g/mol. The molecule has 2 rings (SSSR count). The summed E-state index contributed by atoms with van der Waals surface area (Å²) in [4.78, 5) is 12.1. The molecule has 0 spiro atoms. The molecule has 2 nitrogen and oxygen atoms in total. The predicted octanol–water partition coefficient (Wildman–Crippen LogP) is 4.75. The lowest BCUT2D eigenvalue weighted by atomic mass is 10.1. The van der Waals surface area contributed by atoms with Crippen LogP contribution in [0.5, 0.6) is 0 Å². The zero-order valence-electron chi connectivity index (χ0n) is 10.4. The molecule has 1 N–H and O–H groups in total. The molecule has 0 aliphatic carbocycles. The third kappa shape index (κ3) is 3.58. The quantitative estimate of drug-likeness (QED) is 0.804. The number of hydrogen-bond donors (Lipinski definition) is 1. The minimum atomic E-state index is -0.123. The van der Waals surface area contributed by atoms with Crippen molar-refractivity contribution in [2.75, 3.05) is 5.32 Å². The summed E-state index contributed by atoms with van der Waals surface area (Å²) in [6, 6.07) is 13.0. The van der Waals surface area contributed by atoms with Gasteiger partial charge in [0, 0.05) is 21.6 Å². The molecule has 98 valence electrons. The van der Waals surface area contributed by atoms with Gasteiger partial charge in [-0.2, -0.15) is 0 Å². The van der Waals surface area contributed by atoms with E-state index in [2.05, 4.69) is 21.2 Å². The zero-order chi connectivity index (χ0) is 13.8. The van der Waals surface area contributed by atoms with Crippen molar-refractivity contribution in [3.8, 4) is 0 Å². The summed E-state index contributed by atoms with van der Waals surface area (Å²) in [7, 11) is 0. The average molecular weight is 339 g/mol. The van der Waals surface area contributed by atoms with Gasteiger partial charge in [0.25, 0.3) is 5.91 Å². The molecule has 2 aromatic rings. The van der Waals surface area contributed by atoms with E-state index in [-0.39, 0.29) is 5.91 Å². The standard InChI is InChI=1S/C15H13BrClNO/c1-10-7-12(5-6-14(10)16)15(19)18-13-4-2-3-11(8-13)9-17/h2-8H,9H2,1H3,(H,18,19). The number of carbonyl (C=O) groups excluding carboxylic acids is 1. The lowest BCUT2D eigenvalue weighted by molar-refractivity contribution is 0.102. The van der Waals surface area contributed by atoms with Gasteiger partial charge >= 0.3 is 0 Å². The second kappa shape index (κ2) is 6.22. The second-order valence-corrected chi connectivity index (χ2v) is 5.37. The van der Waals surface area contributed by atoms with Crippen LogP contribution in [0.3, 0.4) is 0 Å². The smallest absolute Gasteiger partial charge is 0.255 e. The number of hydrogen-bond acceptors (Lipinski definition) is 1. The maximum atomic E-state index is 12.1. The van der Waals surface area contributed by atoms with Gasteiger partial charge < -0.3 is 5.32 Å². The summed E-state index contributed by atoms with van der Waals surface area (Å²) in [5, 5.41) is 2.87. The molecule has 0 aliphatic rings. The van der Waals surface area contributed by atoms with Gasteiger partial charge in [0.2, 0.25) is 0 Å². The van der Waals surface area contributed by atoms with Crippen LogP contribution in [0.4, 0.5) is 5.69 Å². The summed E-state index contributed by atoms with van der Waals surface area (Å²) in [5.74, 6) is 0.309. The summed E-state index contributed by atoms with van der Waals surface area (Å²) < 4.78 is 0.994. The normalized spacial score (nSPS) is 10.3. The van der Waals surface area contributed by atoms with E-state index in [0.29, 0.717) is 11.4 Å². The van der Waals surface area contributed by atoms with Crippen molar-refractivity contribution in [2.45, 2.75) is 12.8 Å². The molecule has 0 fully saturated rings. The fourth-order valence-electron chi connectivity index (χ4n) is 1.72. The number of amides is 1. The number of anilines is 1. The maximum absolute atomic E-state index is 12.1. The number of rotatable bonds is 3. The van der Waals surface area contributed by atoms with Crippen molar-refractivity contribution < 1.29 is 4.79 Å². The predicted molar refractivity (Wildman–Crippen MR) is 82.8 cm³/mol. The third-order valence-electron chi connectivity index (χ3n) is 2.76. The molecule has 1 amide bonds. The van der Waals surface area contributed by atoms with Gasteiger partial charge in [0.15, 0.2) is 0 Å². The Morgan fingerprint density at radius 1 is 1.26 bits per heavy atom. The van der Waals surface area contributed by atoms with Crippen LogP contribution in [-0.4, -0.2) is 5.91 Å². The van der Waals surface area contributed by atoms with Crippen LogP contribution in [0, 0.1) is 6.92 Å². The third-order valence-corrected chi connectivity index (χ3v) is 3.96. The van der Waals surface area contributed by atoms with E-state index in [9.17, 15) is 4.79 Å². The van der Waals surface area contributed by atoms with E-state index in [1.165, 1.54) is 0 Å². The first-order valence-electron chi connectivity index (χ1n) is 5.82. The van der Waals surface area contributed by atoms with Gasteiger partial charge in [0.1, 0.15) is 0 Å². The van der Waals surface area contributed by atoms with Gasteiger partial charge in [-0.3, -0.25) is 4.79 Å². The Kier molecular flexibility index (Phi) is 4.61. The van der Waals surface area contributed by atoms with Gasteiger partial charge in [0.05, 0.1) is 0 Å². The van der Waals surface area contributed by atoms with Crippen LogP contribution < -0.4 is 5.32 Å². The molecule has 4 heteroatoms. The highest BCUT2D eigenvalue weighted by atomic mass is 79.9. The summed E-state index contributed by atoms with van der Waals surface area (Å²) in [6.07, 6.45) is 0. The minimum Gasteiger partial charge on any atom is -0.322 e. The lowest BCUT2D eigenvalue weighted by Gasteiger charge is -2.07. The van der Waals surface area contributed by atoms with Gasteiger partial charge in [-0.25, -0.2) is 0 Å². The molecule has 0 aliphatic heterocycles. The topological polar surface area (TPSA) is 29.1 Å². The van der Waals surface area contributed by atoms with Crippen molar-refractivity contribution >= 4 is 39.1 Å². The van der Waals surface area contributed by atoms with E-state index in [1.54, 1.807) is 6.07 Å². The molecule has 0 atom stereocenters. The van der Waals surface area contributed by atoms with Crippen LogP contribution in [0.1, 0.15) is 21.5 Å². The molecule has 0 aromatic heterocycles. The maximum Gasteiger partial charge on any atom is 0.255 e. The Bertz CT molecular complexity index is 613. The second-order valence-electron chi connectivity index (χ2n) is 4.25. The van der Waals surface area contributed by atoms with Crippen molar-refractivity contribution in [1.29, 1.82) is 0 Å². The number of carbonyl (C=O) groups is 1. The van der Waals surface area contributed by atoms with Crippen molar-refractivity contribution in [3.05, 3.63) is 63.6 Å². The highest BCUT2D eigenvalue weighted by Crippen LogP contribution is 2.18. The Labute approximate surface area is 125 Å². The molecule has 0 saturated heterocycles. The fourth-order valence-corrected chi connectivity index (χ4v) is 2.13. The first kappa shape index (κ1) is 14.1. The number of aryl methyl sites for hydroxylation is 1. The largest absolute Gasteiger partial charge is 0.322 e. The molecule has 19 heavy (non-hydrogen) atoms. The van der Waals surface area contributed by atoms with E-state index in [0.717, 1.165) is 21.3 Å². The van der Waals surface area contributed by atoms with Crippen molar-refractivity contribution in [3.63, 3.8) is 0 Å². The molecule has 0 bridgehead atoms. The van der Waals surface area contributed by atoms with E-state index < -0.39 is 0 Å². The number of alkyl halides is 1. The minimum absolute atomic E-state index is 0.123. The SMILES string of the molecule is Cc1cc(C(=O)Nc2cccc(CCl)c2)ccc1Br. The first-order valence-corrected chi connectivity index (χ1v) is 7.15. The Hall–Kier alpha value is -1.32. The van der Waals surface area contributed by atoms with Gasteiger partial charge in [-0.05, 0) is 48.4 Å². The van der Waals surface area contributed by atoms with Gasteiger partial charge in [-0.15, -0.1) is 11.6 Å². The number of nitrogens with one attached hydrogen (secondary N) is 1. The van der Waals surface area contributed by atoms with Crippen LogP contribution >= 0.6 is 27.5 Å². The number of benzene rings is 2.